The summed E-state index contributed by atoms with van der Waals surface area (Å²) in [6.07, 6.45) is 1.32. The van der Waals surface area contributed by atoms with Gasteiger partial charge in [-0.3, -0.25) is 9.59 Å². The molecule has 1 fully saturated rings. The molecule has 0 saturated carbocycles. The maximum Gasteiger partial charge on any atom is 0.257 e. The number of hydrogen-bond acceptors (Lipinski definition) is 3. The molecule has 1 aliphatic heterocycles. The number of nitrogens with zero attached hydrogens (tertiary/aromatic N) is 1. The number of anilines is 1. The molecular weight excluding hydrogens is 364 g/mol. The molecule has 0 radical (unpaired) electrons. The van der Waals surface area contributed by atoms with E-state index in [0.29, 0.717) is 37.2 Å². The number of nitrogens with one attached hydrogen (secondary N) is 1. The highest BCUT2D eigenvalue weighted by atomic mass is 16.5. The van der Waals surface area contributed by atoms with Gasteiger partial charge in [0.2, 0.25) is 5.91 Å². The fourth-order valence-electron chi connectivity index (χ4n) is 3.63. The Morgan fingerprint density at radius 3 is 2.21 bits per heavy atom. The Morgan fingerprint density at radius 2 is 1.62 bits per heavy atom. The Balaban J connectivity index is 1.56. The second-order valence-electron chi connectivity index (χ2n) is 8.58. The quantitative estimate of drug-likeness (QED) is 0.832. The number of para-hydroxylation sites is 1. The molecule has 1 N–H and O–H groups in total. The number of likely N-dealkylation sites (tertiary alicyclic amines) is 1. The molecule has 29 heavy (non-hydrogen) atoms. The molecule has 0 atom stereocenters. The van der Waals surface area contributed by atoms with Crippen molar-refractivity contribution in [3.8, 4) is 5.75 Å². The minimum atomic E-state index is -0.0842. The number of amides is 2. The zero-order chi connectivity index (χ0) is 21.0. The van der Waals surface area contributed by atoms with Crippen molar-refractivity contribution in [1.82, 2.24) is 4.90 Å². The van der Waals surface area contributed by atoms with E-state index in [1.165, 1.54) is 5.56 Å². The Bertz CT molecular complexity index is 860. The molecule has 1 saturated heterocycles. The SMILES string of the molecule is COc1ccccc1C(=O)N1CCC(C(=O)Nc2ccc(C(C)(C)C)cc2)CC1. The number of carbonyl (C=O) groups is 2. The monoisotopic (exact) mass is 394 g/mol. The van der Waals surface area contributed by atoms with Crippen LogP contribution in [0.1, 0.15) is 49.5 Å². The third-order valence-electron chi connectivity index (χ3n) is 5.51. The van der Waals surface area contributed by atoms with Crippen molar-refractivity contribution < 1.29 is 14.3 Å². The molecule has 0 spiro atoms. The van der Waals surface area contributed by atoms with Crippen molar-refractivity contribution in [3.63, 3.8) is 0 Å². The van der Waals surface area contributed by atoms with Crippen molar-refractivity contribution in [2.24, 2.45) is 5.92 Å². The molecular formula is C24H30N2O3. The van der Waals surface area contributed by atoms with Crippen molar-refractivity contribution in [3.05, 3.63) is 59.7 Å². The molecule has 5 nitrogen and oxygen atoms in total. The molecule has 0 aliphatic carbocycles. The minimum Gasteiger partial charge on any atom is -0.496 e. The summed E-state index contributed by atoms with van der Waals surface area (Å²) in [5.74, 6) is 0.479. The van der Waals surface area contributed by atoms with Gasteiger partial charge in [0.25, 0.3) is 5.91 Å². The lowest BCUT2D eigenvalue weighted by Gasteiger charge is -2.31. The summed E-state index contributed by atoms with van der Waals surface area (Å²) in [7, 11) is 1.57. The molecule has 1 aliphatic rings. The van der Waals surface area contributed by atoms with Crippen LogP contribution >= 0.6 is 0 Å². The lowest BCUT2D eigenvalue weighted by molar-refractivity contribution is -0.121. The highest BCUT2D eigenvalue weighted by molar-refractivity contribution is 5.97. The zero-order valence-electron chi connectivity index (χ0n) is 17.7. The molecule has 0 bridgehead atoms. The summed E-state index contributed by atoms with van der Waals surface area (Å²) in [6.45, 7) is 7.64. The average molecular weight is 395 g/mol. The molecule has 2 aromatic rings. The average Bonchev–Trinajstić information content (AvgIpc) is 2.73. The Kier molecular flexibility index (Phi) is 6.26. The first-order valence-corrected chi connectivity index (χ1v) is 10.1. The summed E-state index contributed by atoms with van der Waals surface area (Å²) in [5.41, 5.74) is 2.70. The smallest absolute Gasteiger partial charge is 0.257 e. The van der Waals surface area contributed by atoms with Gasteiger partial charge in [-0.25, -0.2) is 0 Å². The number of hydrogen-bond donors (Lipinski definition) is 1. The Labute approximate surface area is 173 Å². The van der Waals surface area contributed by atoms with Crippen LogP contribution in [0.3, 0.4) is 0 Å². The van der Waals surface area contributed by atoms with E-state index in [9.17, 15) is 9.59 Å². The lowest BCUT2D eigenvalue weighted by Crippen LogP contribution is -2.41. The standard InChI is InChI=1S/C24H30N2O3/c1-24(2,3)18-9-11-19(12-10-18)25-22(27)17-13-15-26(16-14-17)23(28)20-7-5-6-8-21(20)29-4/h5-12,17H,13-16H2,1-4H3,(H,25,27). The maximum absolute atomic E-state index is 12.8. The van der Waals surface area contributed by atoms with E-state index in [-0.39, 0.29) is 23.1 Å². The van der Waals surface area contributed by atoms with Gasteiger partial charge in [-0.1, -0.05) is 45.0 Å². The van der Waals surface area contributed by atoms with Crippen molar-refractivity contribution in [2.45, 2.75) is 39.0 Å². The Hall–Kier alpha value is -2.82. The van der Waals surface area contributed by atoms with Gasteiger partial charge in [0.1, 0.15) is 5.75 Å². The van der Waals surface area contributed by atoms with Crippen molar-refractivity contribution in [2.75, 3.05) is 25.5 Å². The van der Waals surface area contributed by atoms with Gasteiger partial charge in [0, 0.05) is 24.7 Å². The van der Waals surface area contributed by atoms with E-state index in [4.69, 9.17) is 4.74 Å². The van der Waals surface area contributed by atoms with Crippen molar-refractivity contribution >= 4 is 17.5 Å². The third kappa shape index (κ3) is 4.97. The molecule has 0 aromatic heterocycles. The number of carbonyl (C=O) groups excluding carboxylic acids is 2. The number of ether oxygens (including phenoxy) is 1. The normalized spacial score (nSPS) is 15.1. The predicted molar refractivity (Wildman–Crippen MR) is 115 cm³/mol. The first-order chi connectivity index (χ1) is 13.8. The fourth-order valence-corrected chi connectivity index (χ4v) is 3.63. The topological polar surface area (TPSA) is 58.6 Å². The van der Waals surface area contributed by atoms with E-state index >= 15 is 0 Å². The van der Waals surface area contributed by atoms with Crippen LogP contribution in [0, 0.1) is 5.92 Å². The fraction of sp³-hybridized carbons (Fsp3) is 0.417. The van der Waals surface area contributed by atoms with E-state index in [1.807, 2.05) is 24.3 Å². The molecule has 2 amide bonds. The molecule has 3 rings (SSSR count). The Morgan fingerprint density at radius 1 is 1.00 bits per heavy atom. The molecule has 154 valence electrons. The summed E-state index contributed by atoms with van der Waals surface area (Å²) in [4.78, 5) is 27.3. The largest absolute Gasteiger partial charge is 0.496 e. The number of rotatable bonds is 4. The summed E-state index contributed by atoms with van der Waals surface area (Å²) in [6, 6.07) is 15.3. The number of methoxy groups -OCH3 is 1. The molecule has 0 unspecified atom stereocenters. The van der Waals surface area contributed by atoms with Gasteiger partial charge in [-0.15, -0.1) is 0 Å². The highest BCUT2D eigenvalue weighted by Crippen LogP contribution is 2.26. The van der Waals surface area contributed by atoms with Crippen LogP contribution in [0.2, 0.25) is 0 Å². The zero-order valence-corrected chi connectivity index (χ0v) is 17.7. The van der Waals surface area contributed by atoms with Crippen LogP contribution in [-0.4, -0.2) is 36.9 Å². The maximum atomic E-state index is 12.8. The molecule has 5 heteroatoms. The van der Waals surface area contributed by atoms with Gasteiger partial charge < -0.3 is 15.0 Å². The third-order valence-corrected chi connectivity index (χ3v) is 5.51. The van der Waals surface area contributed by atoms with Gasteiger partial charge in [-0.05, 0) is 48.1 Å². The minimum absolute atomic E-state index is 0.0258. The van der Waals surface area contributed by atoms with Gasteiger partial charge in [0.15, 0.2) is 0 Å². The van der Waals surface area contributed by atoms with Gasteiger partial charge in [0.05, 0.1) is 12.7 Å². The van der Waals surface area contributed by atoms with E-state index in [0.717, 1.165) is 5.69 Å². The first-order valence-electron chi connectivity index (χ1n) is 10.1. The van der Waals surface area contributed by atoms with Crippen LogP contribution in [0.5, 0.6) is 5.75 Å². The first kappa shape index (κ1) is 20.9. The van der Waals surface area contributed by atoms with Crippen molar-refractivity contribution in [1.29, 1.82) is 0 Å². The molecule has 2 aromatic carbocycles. The summed E-state index contributed by atoms with van der Waals surface area (Å²) >= 11 is 0. The summed E-state index contributed by atoms with van der Waals surface area (Å²) in [5, 5.41) is 3.02. The highest BCUT2D eigenvalue weighted by Gasteiger charge is 2.29. The van der Waals surface area contributed by atoms with Crippen LogP contribution in [0.25, 0.3) is 0 Å². The van der Waals surface area contributed by atoms with Crippen LogP contribution in [-0.2, 0) is 10.2 Å². The van der Waals surface area contributed by atoms with E-state index < -0.39 is 0 Å². The second kappa shape index (κ2) is 8.68. The predicted octanol–water partition coefficient (Wildman–Crippen LogP) is 4.48. The van der Waals surface area contributed by atoms with Crippen LogP contribution in [0.4, 0.5) is 5.69 Å². The van der Waals surface area contributed by atoms with E-state index in [1.54, 1.807) is 24.1 Å². The van der Waals surface area contributed by atoms with Crippen LogP contribution < -0.4 is 10.1 Å². The molecule has 1 heterocycles. The summed E-state index contributed by atoms with van der Waals surface area (Å²) < 4.78 is 5.30. The van der Waals surface area contributed by atoms with Gasteiger partial charge >= 0.3 is 0 Å². The van der Waals surface area contributed by atoms with Gasteiger partial charge in [-0.2, -0.15) is 0 Å². The van der Waals surface area contributed by atoms with E-state index in [2.05, 4.69) is 38.2 Å². The van der Waals surface area contributed by atoms with Crippen LogP contribution in [0.15, 0.2) is 48.5 Å². The number of piperidine rings is 1. The lowest BCUT2D eigenvalue weighted by atomic mass is 9.87. The second-order valence-corrected chi connectivity index (χ2v) is 8.58. The number of benzene rings is 2.